The predicted octanol–water partition coefficient (Wildman–Crippen LogP) is 2.22. The normalized spacial score (nSPS) is 10.1. The van der Waals surface area contributed by atoms with Crippen molar-refractivity contribution in [3.8, 4) is 5.75 Å². The molecule has 0 radical (unpaired) electrons. The van der Waals surface area contributed by atoms with Gasteiger partial charge in [0.15, 0.2) is 0 Å². The van der Waals surface area contributed by atoms with Crippen molar-refractivity contribution in [1.82, 2.24) is 4.90 Å². The molecule has 1 aromatic rings. The number of hydrogen-bond acceptors (Lipinski definition) is 3. The van der Waals surface area contributed by atoms with Crippen LogP contribution in [0.4, 0.5) is 0 Å². The molecule has 2 N–H and O–H groups in total. The molecule has 0 unspecified atom stereocenters. The van der Waals surface area contributed by atoms with Crippen LogP contribution in [0.5, 0.6) is 5.75 Å². The molecule has 0 saturated heterocycles. The van der Waals surface area contributed by atoms with Crippen LogP contribution in [0.15, 0.2) is 18.2 Å². The fourth-order valence-corrected chi connectivity index (χ4v) is 1.93. The second kappa shape index (κ2) is 7.31. The van der Waals surface area contributed by atoms with Gasteiger partial charge in [-0.1, -0.05) is 23.8 Å². The van der Waals surface area contributed by atoms with E-state index < -0.39 is 0 Å². The van der Waals surface area contributed by atoms with Gasteiger partial charge in [-0.25, -0.2) is 0 Å². The van der Waals surface area contributed by atoms with Crippen molar-refractivity contribution in [2.75, 3.05) is 20.7 Å². The van der Waals surface area contributed by atoms with Gasteiger partial charge in [-0.2, -0.15) is 0 Å². The van der Waals surface area contributed by atoms with Gasteiger partial charge in [0.05, 0.1) is 11.6 Å². The maximum atomic E-state index is 11.3. The van der Waals surface area contributed by atoms with Gasteiger partial charge in [0, 0.05) is 26.1 Å². The first-order chi connectivity index (χ1) is 8.91. The first-order valence-electron chi connectivity index (χ1n) is 5.84. The van der Waals surface area contributed by atoms with Crippen LogP contribution in [0.1, 0.15) is 18.4 Å². The topological polar surface area (TPSA) is 55.6 Å². The van der Waals surface area contributed by atoms with Crippen LogP contribution >= 0.6 is 23.8 Å². The van der Waals surface area contributed by atoms with Crippen molar-refractivity contribution in [2.24, 2.45) is 5.73 Å². The Morgan fingerprint density at radius 3 is 2.68 bits per heavy atom. The van der Waals surface area contributed by atoms with Gasteiger partial charge in [0.25, 0.3) is 0 Å². The third-order valence-electron chi connectivity index (χ3n) is 2.51. The maximum absolute atomic E-state index is 11.3. The van der Waals surface area contributed by atoms with Crippen LogP contribution in [0.25, 0.3) is 0 Å². The molecule has 0 fully saturated rings. The summed E-state index contributed by atoms with van der Waals surface area (Å²) in [6.07, 6.45) is 1.12. The third kappa shape index (κ3) is 5.04. The van der Waals surface area contributed by atoms with Crippen LogP contribution in [0.2, 0.25) is 5.02 Å². The van der Waals surface area contributed by atoms with E-state index >= 15 is 0 Å². The molecule has 0 aromatic heterocycles. The number of ether oxygens (including phenoxy) is 1. The van der Waals surface area contributed by atoms with Crippen LogP contribution in [0, 0.1) is 0 Å². The third-order valence-corrected chi connectivity index (χ3v) is 3.04. The average molecular weight is 301 g/mol. The van der Waals surface area contributed by atoms with E-state index in [2.05, 4.69) is 0 Å². The quantitative estimate of drug-likeness (QED) is 0.646. The van der Waals surface area contributed by atoms with Gasteiger partial charge < -0.3 is 15.4 Å². The molecular formula is C13H17ClN2O2S. The predicted molar refractivity (Wildman–Crippen MR) is 80.8 cm³/mol. The SMILES string of the molecule is CN(C)C(=O)CCCOc1ccc(C(N)=S)c(Cl)c1. The monoisotopic (exact) mass is 300 g/mol. The zero-order chi connectivity index (χ0) is 14.4. The molecule has 0 aliphatic heterocycles. The molecule has 104 valence electrons. The summed E-state index contributed by atoms with van der Waals surface area (Å²) < 4.78 is 5.51. The number of halogens is 1. The van der Waals surface area contributed by atoms with Gasteiger partial charge in [-0.3, -0.25) is 4.79 Å². The minimum absolute atomic E-state index is 0.0884. The molecule has 1 amide bonds. The highest BCUT2D eigenvalue weighted by molar-refractivity contribution is 7.80. The van der Waals surface area contributed by atoms with Crippen molar-refractivity contribution in [1.29, 1.82) is 0 Å². The van der Waals surface area contributed by atoms with Crippen molar-refractivity contribution < 1.29 is 9.53 Å². The van der Waals surface area contributed by atoms with Crippen LogP contribution in [-0.4, -0.2) is 36.5 Å². The van der Waals surface area contributed by atoms with E-state index in [1.165, 1.54) is 0 Å². The summed E-state index contributed by atoms with van der Waals surface area (Å²) in [4.78, 5) is 13.2. The second-order valence-electron chi connectivity index (χ2n) is 4.25. The number of thiocarbonyl (C=S) groups is 1. The van der Waals surface area contributed by atoms with E-state index in [1.807, 2.05) is 0 Å². The smallest absolute Gasteiger partial charge is 0.222 e. The van der Waals surface area contributed by atoms with E-state index in [1.54, 1.807) is 37.2 Å². The number of carbonyl (C=O) groups is 1. The first kappa shape index (κ1) is 15.7. The number of nitrogens with two attached hydrogens (primary N) is 1. The Morgan fingerprint density at radius 2 is 2.16 bits per heavy atom. The van der Waals surface area contributed by atoms with Crippen LogP contribution in [-0.2, 0) is 4.79 Å². The van der Waals surface area contributed by atoms with E-state index in [0.29, 0.717) is 35.8 Å². The summed E-state index contributed by atoms with van der Waals surface area (Å²) in [6.45, 7) is 0.461. The summed E-state index contributed by atoms with van der Waals surface area (Å²) in [7, 11) is 3.47. The summed E-state index contributed by atoms with van der Waals surface area (Å²) in [6, 6.07) is 5.16. The van der Waals surface area contributed by atoms with Crippen molar-refractivity contribution in [2.45, 2.75) is 12.8 Å². The fourth-order valence-electron chi connectivity index (χ4n) is 1.42. The molecule has 0 aliphatic rings. The average Bonchev–Trinajstić information content (AvgIpc) is 2.33. The highest BCUT2D eigenvalue weighted by Crippen LogP contribution is 2.22. The molecule has 0 spiro atoms. The number of hydrogen-bond donors (Lipinski definition) is 1. The Kier molecular flexibility index (Phi) is 6.05. The number of amides is 1. The molecule has 0 bridgehead atoms. The Balaban J connectivity index is 2.44. The number of carbonyl (C=O) groups excluding carboxylic acids is 1. The molecule has 4 nitrogen and oxygen atoms in total. The Hall–Kier alpha value is -1.33. The number of rotatable bonds is 6. The summed E-state index contributed by atoms with van der Waals surface area (Å²) in [5, 5.41) is 0.467. The summed E-state index contributed by atoms with van der Waals surface area (Å²) in [5.74, 6) is 0.729. The fraction of sp³-hybridized carbons (Fsp3) is 0.385. The molecule has 1 aromatic carbocycles. The molecule has 0 heterocycles. The van der Waals surface area contributed by atoms with Gasteiger partial charge in [-0.15, -0.1) is 0 Å². The lowest BCUT2D eigenvalue weighted by atomic mass is 10.2. The molecule has 0 saturated carbocycles. The van der Waals surface area contributed by atoms with Crippen LogP contribution in [0.3, 0.4) is 0 Å². The Bertz CT molecular complexity index is 478. The van der Waals surface area contributed by atoms with Crippen LogP contribution < -0.4 is 10.5 Å². The highest BCUT2D eigenvalue weighted by Gasteiger charge is 2.06. The number of nitrogens with zero attached hydrogens (tertiary/aromatic N) is 1. The van der Waals surface area contributed by atoms with Gasteiger partial charge in [0.2, 0.25) is 5.91 Å². The first-order valence-corrected chi connectivity index (χ1v) is 6.62. The lowest BCUT2D eigenvalue weighted by molar-refractivity contribution is -0.128. The van der Waals surface area contributed by atoms with E-state index in [9.17, 15) is 4.79 Å². The van der Waals surface area contributed by atoms with Crippen molar-refractivity contribution in [3.05, 3.63) is 28.8 Å². The second-order valence-corrected chi connectivity index (χ2v) is 5.09. The van der Waals surface area contributed by atoms with E-state index in [0.717, 1.165) is 0 Å². The van der Waals surface area contributed by atoms with Gasteiger partial charge in [0.1, 0.15) is 10.7 Å². The lowest BCUT2D eigenvalue weighted by Gasteiger charge is -2.11. The molecule has 6 heteroatoms. The standard InChI is InChI=1S/C13H17ClN2O2S/c1-16(2)12(17)4-3-7-18-9-5-6-10(13(15)19)11(14)8-9/h5-6,8H,3-4,7H2,1-2H3,(H2,15,19). The van der Waals surface area contributed by atoms with Gasteiger partial charge >= 0.3 is 0 Å². The largest absolute Gasteiger partial charge is 0.494 e. The van der Waals surface area contributed by atoms with E-state index in [-0.39, 0.29) is 10.9 Å². The van der Waals surface area contributed by atoms with Gasteiger partial charge in [-0.05, 0) is 24.6 Å². The molecule has 1 rings (SSSR count). The zero-order valence-electron chi connectivity index (χ0n) is 11.0. The number of benzene rings is 1. The molecule has 19 heavy (non-hydrogen) atoms. The zero-order valence-corrected chi connectivity index (χ0v) is 12.6. The van der Waals surface area contributed by atoms with E-state index in [4.69, 9.17) is 34.3 Å². The minimum Gasteiger partial charge on any atom is -0.494 e. The Labute approximate surface area is 123 Å². The molecule has 0 aliphatic carbocycles. The minimum atomic E-state index is 0.0884. The van der Waals surface area contributed by atoms with Crippen molar-refractivity contribution >= 4 is 34.7 Å². The maximum Gasteiger partial charge on any atom is 0.222 e. The lowest BCUT2D eigenvalue weighted by Crippen LogP contribution is -2.21. The summed E-state index contributed by atoms with van der Waals surface area (Å²) in [5.41, 5.74) is 6.14. The highest BCUT2D eigenvalue weighted by atomic mass is 35.5. The van der Waals surface area contributed by atoms with Crippen molar-refractivity contribution in [3.63, 3.8) is 0 Å². The summed E-state index contributed by atoms with van der Waals surface area (Å²) >= 11 is 10.9. The Morgan fingerprint density at radius 1 is 1.47 bits per heavy atom. The molecular weight excluding hydrogens is 284 g/mol. The molecule has 0 atom stereocenters.